The molecule has 0 spiro atoms. The smallest absolute Gasteiger partial charge is 0.266 e. The van der Waals surface area contributed by atoms with E-state index in [-0.39, 0.29) is 0 Å². The van der Waals surface area contributed by atoms with Gasteiger partial charge in [0.2, 0.25) is 5.89 Å². The van der Waals surface area contributed by atoms with Crippen LogP contribution in [-0.4, -0.2) is 47.3 Å². The summed E-state index contributed by atoms with van der Waals surface area (Å²) in [7, 11) is 0. The van der Waals surface area contributed by atoms with Gasteiger partial charge in [-0.15, -0.1) is 0 Å². The third-order valence-electron chi connectivity index (χ3n) is 2.92. The maximum absolute atomic E-state index is 5.30. The van der Waals surface area contributed by atoms with E-state index < -0.39 is 0 Å². The summed E-state index contributed by atoms with van der Waals surface area (Å²) in [5, 5.41) is 7.50. The summed E-state index contributed by atoms with van der Waals surface area (Å²) < 4.78 is 5.30. The second-order valence-corrected chi connectivity index (χ2v) is 5.24. The van der Waals surface area contributed by atoms with E-state index in [1.165, 1.54) is 5.75 Å². The molecule has 5 nitrogen and oxygen atoms in total. The molecule has 1 fully saturated rings. The highest BCUT2D eigenvalue weighted by molar-refractivity contribution is 7.99. The number of nitrogens with one attached hydrogen (secondary N) is 1. The quantitative estimate of drug-likeness (QED) is 0.853. The molecule has 1 aromatic heterocycles. The van der Waals surface area contributed by atoms with Crippen molar-refractivity contribution in [3.63, 3.8) is 0 Å². The number of aromatic nitrogens is 2. The molecule has 0 amide bonds. The lowest BCUT2D eigenvalue weighted by Crippen LogP contribution is -2.38. The molecule has 1 aromatic rings. The van der Waals surface area contributed by atoms with Crippen LogP contribution < -0.4 is 10.2 Å². The van der Waals surface area contributed by atoms with E-state index >= 15 is 0 Å². The number of thioether (sulfide) groups is 1. The van der Waals surface area contributed by atoms with Crippen LogP contribution in [0.4, 0.5) is 5.95 Å². The minimum Gasteiger partial charge on any atom is -0.339 e. The molecule has 6 heteroatoms. The molecule has 2 heterocycles. The van der Waals surface area contributed by atoms with E-state index in [9.17, 15) is 0 Å². The van der Waals surface area contributed by atoms with E-state index in [4.69, 9.17) is 4.52 Å². The molecule has 1 atom stereocenters. The first-order chi connectivity index (χ1) is 8.33. The van der Waals surface area contributed by atoms with Gasteiger partial charge in [-0.1, -0.05) is 0 Å². The third kappa shape index (κ3) is 3.35. The average molecular weight is 256 g/mol. The van der Waals surface area contributed by atoms with Gasteiger partial charge in [0, 0.05) is 43.6 Å². The Hall–Kier alpha value is -0.750. The highest BCUT2D eigenvalue weighted by atomic mass is 32.2. The summed E-state index contributed by atoms with van der Waals surface area (Å²) >= 11 is 1.98. The van der Waals surface area contributed by atoms with Crippen molar-refractivity contribution in [2.75, 3.05) is 36.0 Å². The Balaban J connectivity index is 1.93. The van der Waals surface area contributed by atoms with Crippen molar-refractivity contribution in [2.24, 2.45) is 0 Å². The summed E-state index contributed by atoms with van der Waals surface area (Å²) in [4.78, 5) is 6.54. The van der Waals surface area contributed by atoms with Gasteiger partial charge in [0.25, 0.3) is 5.95 Å². The van der Waals surface area contributed by atoms with Crippen molar-refractivity contribution >= 4 is 17.7 Å². The molecule has 1 aliphatic heterocycles. The Morgan fingerprint density at radius 2 is 2.29 bits per heavy atom. The fourth-order valence-electron chi connectivity index (χ4n) is 1.93. The minimum absolute atomic E-state index is 0.471. The topological polar surface area (TPSA) is 54.2 Å². The van der Waals surface area contributed by atoms with Crippen molar-refractivity contribution in [2.45, 2.75) is 26.3 Å². The standard InChI is InChI=1S/C11H20N4OS/c1-3-15(4-2)11-13-10(16-14-11)7-9-8-17-6-5-12-9/h9,12H,3-8H2,1-2H3. The zero-order chi connectivity index (χ0) is 12.1. The molecule has 1 saturated heterocycles. The van der Waals surface area contributed by atoms with Crippen molar-refractivity contribution in [3.05, 3.63) is 5.89 Å². The average Bonchev–Trinajstić information content (AvgIpc) is 2.81. The summed E-state index contributed by atoms with van der Waals surface area (Å²) in [6, 6.07) is 0.471. The first-order valence-corrected chi connectivity index (χ1v) is 7.37. The molecule has 17 heavy (non-hydrogen) atoms. The largest absolute Gasteiger partial charge is 0.339 e. The molecule has 0 radical (unpaired) electrons. The fourth-order valence-corrected chi connectivity index (χ4v) is 2.87. The molecule has 0 aliphatic carbocycles. The van der Waals surface area contributed by atoms with Crippen LogP contribution in [-0.2, 0) is 6.42 Å². The normalized spacial score (nSPS) is 20.5. The fraction of sp³-hybridized carbons (Fsp3) is 0.818. The highest BCUT2D eigenvalue weighted by Crippen LogP contribution is 2.14. The summed E-state index contributed by atoms with van der Waals surface area (Å²) in [5.41, 5.74) is 0. The highest BCUT2D eigenvalue weighted by Gasteiger charge is 2.18. The molecule has 0 bridgehead atoms. The van der Waals surface area contributed by atoms with Crippen LogP contribution >= 0.6 is 11.8 Å². The van der Waals surface area contributed by atoms with Gasteiger partial charge in [-0.25, -0.2) is 0 Å². The molecule has 0 saturated carbocycles. The van der Waals surface area contributed by atoms with E-state index in [1.54, 1.807) is 0 Å². The van der Waals surface area contributed by atoms with Crippen molar-refractivity contribution < 1.29 is 4.52 Å². The van der Waals surface area contributed by atoms with Crippen LogP contribution in [0.15, 0.2) is 4.52 Å². The van der Waals surface area contributed by atoms with Crippen LogP contribution in [0.2, 0.25) is 0 Å². The second kappa shape index (κ2) is 6.26. The number of hydrogen-bond acceptors (Lipinski definition) is 6. The van der Waals surface area contributed by atoms with E-state index in [0.29, 0.717) is 12.0 Å². The minimum atomic E-state index is 0.471. The predicted octanol–water partition coefficient (Wildman–Crippen LogP) is 1.16. The van der Waals surface area contributed by atoms with Gasteiger partial charge in [0.15, 0.2) is 0 Å². The van der Waals surface area contributed by atoms with Crippen molar-refractivity contribution in [3.8, 4) is 0 Å². The van der Waals surface area contributed by atoms with Gasteiger partial charge in [-0.2, -0.15) is 16.7 Å². The lowest BCUT2D eigenvalue weighted by molar-refractivity contribution is 0.362. The van der Waals surface area contributed by atoms with Crippen LogP contribution in [0, 0.1) is 0 Å². The SMILES string of the molecule is CCN(CC)c1noc(CC2CSCCN2)n1. The summed E-state index contributed by atoms with van der Waals surface area (Å²) in [5.74, 6) is 3.79. The number of anilines is 1. The number of hydrogen-bond donors (Lipinski definition) is 1. The molecule has 0 aromatic carbocycles. The monoisotopic (exact) mass is 256 g/mol. The maximum Gasteiger partial charge on any atom is 0.266 e. The zero-order valence-corrected chi connectivity index (χ0v) is 11.3. The first kappa shape index (κ1) is 12.7. The number of nitrogens with zero attached hydrogens (tertiary/aromatic N) is 3. The molecule has 1 N–H and O–H groups in total. The van der Waals surface area contributed by atoms with Gasteiger partial charge in [-0.3, -0.25) is 0 Å². The molecule has 1 unspecified atom stereocenters. The zero-order valence-electron chi connectivity index (χ0n) is 10.5. The Morgan fingerprint density at radius 3 is 2.94 bits per heavy atom. The molecular formula is C11H20N4OS. The van der Waals surface area contributed by atoms with Crippen molar-refractivity contribution in [1.29, 1.82) is 0 Å². The van der Waals surface area contributed by atoms with Gasteiger partial charge in [-0.05, 0) is 19.0 Å². The number of rotatable bonds is 5. The Kier molecular flexibility index (Phi) is 4.67. The van der Waals surface area contributed by atoms with E-state index in [0.717, 1.165) is 37.7 Å². The first-order valence-electron chi connectivity index (χ1n) is 6.22. The van der Waals surface area contributed by atoms with Gasteiger partial charge >= 0.3 is 0 Å². The van der Waals surface area contributed by atoms with Crippen LogP contribution in [0.5, 0.6) is 0 Å². The van der Waals surface area contributed by atoms with E-state index in [2.05, 4.69) is 34.2 Å². The Morgan fingerprint density at radius 1 is 1.47 bits per heavy atom. The van der Waals surface area contributed by atoms with Crippen molar-refractivity contribution in [1.82, 2.24) is 15.5 Å². The molecule has 1 aliphatic rings. The van der Waals surface area contributed by atoms with Gasteiger partial charge in [0.05, 0.1) is 0 Å². The van der Waals surface area contributed by atoms with E-state index in [1.807, 2.05) is 11.8 Å². The molecular weight excluding hydrogens is 236 g/mol. The van der Waals surface area contributed by atoms with Gasteiger partial charge < -0.3 is 14.7 Å². The van der Waals surface area contributed by atoms with Crippen LogP contribution in [0.25, 0.3) is 0 Å². The lowest BCUT2D eigenvalue weighted by Gasteiger charge is -2.21. The summed E-state index contributed by atoms with van der Waals surface area (Å²) in [6.45, 7) is 7.09. The summed E-state index contributed by atoms with van der Waals surface area (Å²) in [6.07, 6.45) is 0.835. The third-order valence-corrected chi connectivity index (χ3v) is 4.05. The van der Waals surface area contributed by atoms with Crippen LogP contribution in [0.1, 0.15) is 19.7 Å². The second-order valence-electron chi connectivity index (χ2n) is 4.09. The van der Waals surface area contributed by atoms with Gasteiger partial charge in [0.1, 0.15) is 0 Å². The lowest BCUT2D eigenvalue weighted by atomic mass is 10.2. The van der Waals surface area contributed by atoms with Crippen LogP contribution in [0.3, 0.4) is 0 Å². The molecule has 2 rings (SSSR count). The Labute approximate surface area is 106 Å². The molecule has 96 valence electrons. The maximum atomic E-state index is 5.30. The Bertz CT molecular complexity index is 334. The predicted molar refractivity (Wildman–Crippen MR) is 70.7 cm³/mol.